The van der Waals surface area contributed by atoms with Crippen LogP contribution in [-0.2, 0) is 11.3 Å². The van der Waals surface area contributed by atoms with Crippen LogP contribution in [0.5, 0.6) is 0 Å². The van der Waals surface area contributed by atoms with Gasteiger partial charge < -0.3 is 15.2 Å². The lowest BCUT2D eigenvalue weighted by molar-refractivity contribution is -0.124. The molecule has 140 valence electrons. The number of carbonyl (C=O) groups excluding carboxylic acids is 2. The van der Waals surface area contributed by atoms with Crippen molar-refractivity contribution in [2.24, 2.45) is 11.8 Å². The topological polar surface area (TPSA) is 63.1 Å². The molecule has 26 heavy (non-hydrogen) atoms. The number of rotatable bonds is 7. The number of aromatic nitrogens is 1. The summed E-state index contributed by atoms with van der Waals surface area (Å²) in [5.74, 6) is 0.719. The van der Waals surface area contributed by atoms with Crippen molar-refractivity contribution in [3.05, 3.63) is 36.0 Å². The Hall–Kier alpha value is -2.30. The Morgan fingerprint density at radius 3 is 2.54 bits per heavy atom. The van der Waals surface area contributed by atoms with Crippen LogP contribution in [0, 0.1) is 11.8 Å². The number of carbonyl (C=O) groups is 2. The quantitative estimate of drug-likeness (QED) is 0.748. The lowest BCUT2D eigenvalue weighted by Crippen LogP contribution is -2.37. The van der Waals surface area contributed by atoms with Crippen molar-refractivity contribution in [1.82, 2.24) is 15.2 Å². The van der Waals surface area contributed by atoms with Crippen LogP contribution in [0.25, 0.3) is 10.9 Å². The number of para-hydroxylation sites is 1. The van der Waals surface area contributed by atoms with Crippen molar-refractivity contribution in [3.63, 3.8) is 0 Å². The molecule has 0 atom stereocenters. The molecule has 2 N–H and O–H groups in total. The molecule has 0 spiro atoms. The first-order chi connectivity index (χ1) is 12.6. The van der Waals surface area contributed by atoms with E-state index in [2.05, 4.69) is 35.1 Å². The van der Waals surface area contributed by atoms with Crippen LogP contribution in [0.3, 0.4) is 0 Å². The summed E-state index contributed by atoms with van der Waals surface area (Å²) in [6, 6.07) is 8.00. The van der Waals surface area contributed by atoms with Crippen LogP contribution in [0.1, 0.15) is 49.9 Å². The smallest absolute Gasteiger partial charge is 0.253 e. The number of nitrogens with zero attached hydrogens (tertiary/aromatic N) is 1. The maximum absolute atomic E-state index is 12.6. The van der Waals surface area contributed by atoms with Crippen LogP contribution in [0.15, 0.2) is 30.5 Å². The van der Waals surface area contributed by atoms with Gasteiger partial charge in [-0.15, -0.1) is 0 Å². The van der Waals surface area contributed by atoms with Crippen molar-refractivity contribution >= 4 is 22.7 Å². The molecule has 5 heteroatoms. The van der Waals surface area contributed by atoms with E-state index in [1.807, 2.05) is 24.4 Å². The summed E-state index contributed by atoms with van der Waals surface area (Å²) >= 11 is 0. The molecular formula is C21H29N3O2. The zero-order chi connectivity index (χ0) is 18.5. The highest BCUT2D eigenvalue weighted by Gasteiger charge is 2.22. The van der Waals surface area contributed by atoms with Gasteiger partial charge in [0.15, 0.2) is 0 Å². The van der Waals surface area contributed by atoms with E-state index in [1.54, 1.807) is 0 Å². The fourth-order valence-electron chi connectivity index (χ4n) is 3.76. The zero-order valence-electron chi connectivity index (χ0n) is 15.8. The first-order valence-corrected chi connectivity index (χ1v) is 9.70. The molecule has 1 aliphatic carbocycles. The van der Waals surface area contributed by atoms with Crippen molar-refractivity contribution in [2.75, 3.05) is 13.1 Å². The Morgan fingerprint density at radius 2 is 1.81 bits per heavy atom. The number of fused-ring (bicyclic) bond motifs is 1. The third-order valence-electron chi connectivity index (χ3n) is 5.03. The van der Waals surface area contributed by atoms with E-state index in [0.717, 1.165) is 43.1 Å². The van der Waals surface area contributed by atoms with E-state index in [0.29, 0.717) is 24.6 Å². The van der Waals surface area contributed by atoms with Crippen LogP contribution in [-0.4, -0.2) is 29.5 Å². The van der Waals surface area contributed by atoms with Gasteiger partial charge in [-0.1, -0.05) is 44.9 Å². The largest absolute Gasteiger partial charge is 0.354 e. The lowest BCUT2D eigenvalue weighted by atomic mass is 10.1. The second kappa shape index (κ2) is 8.39. The van der Waals surface area contributed by atoms with Crippen molar-refractivity contribution < 1.29 is 9.59 Å². The minimum absolute atomic E-state index is 0.0844. The van der Waals surface area contributed by atoms with E-state index < -0.39 is 0 Å². The van der Waals surface area contributed by atoms with Gasteiger partial charge in [-0.05, 0) is 24.8 Å². The average molecular weight is 355 g/mol. The molecule has 2 amide bonds. The minimum Gasteiger partial charge on any atom is -0.354 e. The number of benzene rings is 1. The highest BCUT2D eigenvalue weighted by molar-refractivity contribution is 6.07. The molecule has 0 radical (unpaired) electrons. The van der Waals surface area contributed by atoms with Crippen LogP contribution in [0.4, 0.5) is 0 Å². The van der Waals surface area contributed by atoms with Gasteiger partial charge in [-0.2, -0.15) is 0 Å². The number of amides is 2. The number of hydrogen-bond acceptors (Lipinski definition) is 2. The predicted molar refractivity (Wildman–Crippen MR) is 104 cm³/mol. The summed E-state index contributed by atoms with van der Waals surface area (Å²) in [6.45, 7) is 6.14. The maximum Gasteiger partial charge on any atom is 0.253 e. The fourth-order valence-corrected chi connectivity index (χ4v) is 3.76. The van der Waals surface area contributed by atoms with E-state index in [1.165, 1.54) is 0 Å². The SMILES string of the molecule is CC(C)Cn1cc(C(=O)NCCNC(=O)C2CCCC2)c2ccccc21. The molecule has 0 unspecified atom stereocenters. The van der Waals surface area contributed by atoms with Gasteiger partial charge in [0.05, 0.1) is 5.56 Å². The normalized spacial score (nSPS) is 14.9. The van der Waals surface area contributed by atoms with Crippen LogP contribution >= 0.6 is 0 Å². The molecule has 1 saturated carbocycles. The fraction of sp³-hybridized carbons (Fsp3) is 0.524. The molecule has 2 aromatic rings. The molecular weight excluding hydrogens is 326 g/mol. The highest BCUT2D eigenvalue weighted by Crippen LogP contribution is 2.24. The number of nitrogens with one attached hydrogen (secondary N) is 2. The van der Waals surface area contributed by atoms with Gasteiger partial charge in [0, 0.05) is 42.7 Å². The molecule has 0 bridgehead atoms. The Morgan fingerprint density at radius 1 is 1.12 bits per heavy atom. The average Bonchev–Trinajstić information content (AvgIpc) is 3.27. The second-order valence-electron chi connectivity index (χ2n) is 7.63. The van der Waals surface area contributed by atoms with E-state index in [9.17, 15) is 9.59 Å². The Bertz CT molecular complexity index is 773. The molecule has 0 aliphatic heterocycles. The van der Waals surface area contributed by atoms with Gasteiger partial charge in [-0.3, -0.25) is 9.59 Å². The van der Waals surface area contributed by atoms with Gasteiger partial charge in [0.25, 0.3) is 5.91 Å². The Balaban J connectivity index is 1.58. The van der Waals surface area contributed by atoms with Crippen molar-refractivity contribution in [3.8, 4) is 0 Å². The molecule has 3 rings (SSSR count). The first kappa shape index (κ1) is 18.5. The lowest BCUT2D eigenvalue weighted by Gasteiger charge is -2.10. The standard InChI is InChI=1S/C21H29N3O2/c1-15(2)13-24-14-18(17-9-5-6-10-19(17)24)21(26)23-12-11-22-20(25)16-7-3-4-8-16/h5-6,9-10,14-16H,3-4,7-8,11-13H2,1-2H3,(H,22,25)(H,23,26). The Labute approximate surface area is 155 Å². The van der Waals surface area contributed by atoms with Crippen molar-refractivity contribution in [2.45, 2.75) is 46.1 Å². The second-order valence-corrected chi connectivity index (χ2v) is 7.63. The summed E-state index contributed by atoms with van der Waals surface area (Å²) in [4.78, 5) is 24.6. The monoisotopic (exact) mass is 355 g/mol. The highest BCUT2D eigenvalue weighted by atomic mass is 16.2. The van der Waals surface area contributed by atoms with Gasteiger partial charge >= 0.3 is 0 Å². The molecule has 1 heterocycles. The van der Waals surface area contributed by atoms with Gasteiger partial charge in [0.1, 0.15) is 0 Å². The third-order valence-corrected chi connectivity index (χ3v) is 5.03. The first-order valence-electron chi connectivity index (χ1n) is 9.70. The van der Waals surface area contributed by atoms with Crippen LogP contribution in [0.2, 0.25) is 0 Å². The summed E-state index contributed by atoms with van der Waals surface area (Å²) < 4.78 is 2.15. The summed E-state index contributed by atoms with van der Waals surface area (Å²) in [7, 11) is 0. The molecule has 5 nitrogen and oxygen atoms in total. The molecule has 0 saturated heterocycles. The molecule has 1 aromatic carbocycles. The zero-order valence-corrected chi connectivity index (χ0v) is 15.8. The molecule has 1 fully saturated rings. The molecule has 1 aromatic heterocycles. The van der Waals surface area contributed by atoms with E-state index >= 15 is 0 Å². The number of hydrogen-bond donors (Lipinski definition) is 2. The predicted octanol–water partition coefficient (Wildman–Crippen LogP) is 3.33. The third kappa shape index (κ3) is 4.26. The Kier molecular flexibility index (Phi) is 5.96. The van der Waals surface area contributed by atoms with Gasteiger partial charge in [-0.25, -0.2) is 0 Å². The van der Waals surface area contributed by atoms with Gasteiger partial charge in [0.2, 0.25) is 5.91 Å². The van der Waals surface area contributed by atoms with Crippen molar-refractivity contribution in [1.29, 1.82) is 0 Å². The van der Waals surface area contributed by atoms with Crippen LogP contribution < -0.4 is 10.6 Å². The van der Waals surface area contributed by atoms with E-state index in [4.69, 9.17) is 0 Å². The summed E-state index contributed by atoms with van der Waals surface area (Å²) in [5.41, 5.74) is 1.78. The minimum atomic E-state index is -0.0844. The maximum atomic E-state index is 12.6. The summed E-state index contributed by atoms with van der Waals surface area (Å²) in [5, 5.41) is 6.85. The molecule has 1 aliphatic rings. The van der Waals surface area contributed by atoms with E-state index in [-0.39, 0.29) is 17.7 Å². The summed E-state index contributed by atoms with van der Waals surface area (Å²) in [6.07, 6.45) is 6.22.